The summed E-state index contributed by atoms with van der Waals surface area (Å²) in [5.74, 6) is 0.686. The van der Waals surface area contributed by atoms with Crippen molar-refractivity contribution < 1.29 is 9.66 Å². The molecule has 0 amide bonds. The van der Waals surface area contributed by atoms with Gasteiger partial charge in [0.15, 0.2) is 0 Å². The molecule has 0 aromatic heterocycles. The Bertz CT molecular complexity index is 677. The highest BCUT2D eigenvalue weighted by Crippen LogP contribution is 2.37. The lowest BCUT2D eigenvalue weighted by Gasteiger charge is -2.19. The number of hydrogen-bond donors (Lipinski definition) is 0. The van der Waals surface area contributed by atoms with Crippen molar-refractivity contribution in [2.24, 2.45) is 0 Å². The summed E-state index contributed by atoms with van der Waals surface area (Å²) in [6.07, 6.45) is 0. The lowest BCUT2D eigenvalue weighted by molar-refractivity contribution is -0.385. The maximum absolute atomic E-state index is 11.1. The summed E-state index contributed by atoms with van der Waals surface area (Å²) < 4.78 is 5.66. The molecule has 110 valence electrons. The molecule has 0 atom stereocenters. The lowest BCUT2D eigenvalue weighted by atomic mass is 9.87. The van der Waals surface area contributed by atoms with Crippen LogP contribution in [0.4, 0.5) is 5.69 Å². The number of benzene rings is 2. The molecule has 0 aliphatic rings. The molecule has 2 rings (SSSR count). The van der Waals surface area contributed by atoms with Crippen molar-refractivity contribution in [3.05, 3.63) is 63.2 Å². The average Bonchev–Trinajstić information content (AvgIpc) is 2.37. The van der Waals surface area contributed by atoms with Crippen molar-refractivity contribution in [3.8, 4) is 11.5 Å². The smallest absolute Gasteiger partial charge is 0.329 e. The largest absolute Gasteiger partial charge is 0.450 e. The van der Waals surface area contributed by atoms with E-state index in [4.69, 9.17) is 16.3 Å². The number of para-hydroxylation sites is 1. The molecule has 0 spiro atoms. The van der Waals surface area contributed by atoms with Gasteiger partial charge in [-0.05, 0) is 35.2 Å². The van der Waals surface area contributed by atoms with Gasteiger partial charge in [-0.3, -0.25) is 10.1 Å². The molecule has 4 nitrogen and oxygen atoms in total. The fourth-order valence-electron chi connectivity index (χ4n) is 1.91. The lowest BCUT2D eigenvalue weighted by Crippen LogP contribution is -2.10. The van der Waals surface area contributed by atoms with Gasteiger partial charge in [0.2, 0.25) is 5.75 Å². The summed E-state index contributed by atoms with van der Waals surface area (Å²) >= 11 is 5.87. The van der Waals surface area contributed by atoms with E-state index >= 15 is 0 Å². The quantitative estimate of drug-likeness (QED) is 0.568. The number of rotatable bonds is 3. The summed E-state index contributed by atoms with van der Waals surface area (Å²) in [4.78, 5) is 10.6. The van der Waals surface area contributed by atoms with E-state index in [0.717, 1.165) is 5.56 Å². The van der Waals surface area contributed by atoms with Crippen molar-refractivity contribution in [2.45, 2.75) is 26.2 Å². The normalized spacial score (nSPS) is 11.2. The molecular weight excluding hydrogens is 290 g/mol. The molecular formula is C16H16ClNO3. The third-order valence-corrected chi connectivity index (χ3v) is 3.37. The molecule has 5 heteroatoms. The molecule has 0 unspecified atom stereocenters. The van der Waals surface area contributed by atoms with Crippen molar-refractivity contribution in [3.63, 3.8) is 0 Å². The molecule has 0 fully saturated rings. The second-order valence-electron chi connectivity index (χ2n) is 5.72. The molecule has 0 aliphatic carbocycles. The second kappa shape index (κ2) is 5.74. The van der Waals surface area contributed by atoms with Crippen molar-refractivity contribution in [1.82, 2.24) is 0 Å². The third-order valence-electron chi connectivity index (χ3n) is 3.06. The highest BCUT2D eigenvalue weighted by molar-refractivity contribution is 6.32. The Morgan fingerprint density at radius 1 is 1.14 bits per heavy atom. The van der Waals surface area contributed by atoms with Gasteiger partial charge in [-0.2, -0.15) is 0 Å². The number of halogens is 1. The van der Waals surface area contributed by atoms with Crippen LogP contribution in [0.3, 0.4) is 0 Å². The van der Waals surface area contributed by atoms with E-state index in [1.165, 1.54) is 12.1 Å². The maximum Gasteiger partial charge on any atom is 0.329 e. The number of nitrogens with zero attached hydrogens (tertiary/aromatic N) is 1. The van der Waals surface area contributed by atoms with E-state index in [-0.39, 0.29) is 21.9 Å². The third kappa shape index (κ3) is 3.52. The van der Waals surface area contributed by atoms with Crippen molar-refractivity contribution in [1.29, 1.82) is 0 Å². The predicted molar refractivity (Wildman–Crippen MR) is 83.3 cm³/mol. The number of nitro benzene ring substituents is 1. The van der Waals surface area contributed by atoms with Gasteiger partial charge in [0.25, 0.3) is 0 Å². The van der Waals surface area contributed by atoms with Gasteiger partial charge < -0.3 is 4.74 Å². The molecule has 0 bridgehead atoms. The summed E-state index contributed by atoms with van der Waals surface area (Å²) in [5, 5.41) is 11.2. The standard InChI is InChI=1S/C16H16ClNO3/c1-16(2,3)11-6-4-7-12(10-11)21-14-9-5-8-13(17)15(14)18(19)20/h4-10H,1-3H3. The molecule has 0 radical (unpaired) electrons. The Kier molecular flexibility index (Phi) is 4.19. The summed E-state index contributed by atoms with van der Waals surface area (Å²) in [7, 11) is 0. The fraction of sp³-hybridized carbons (Fsp3) is 0.250. The topological polar surface area (TPSA) is 52.4 Å². The number of hydrogen-bond acceptors (Lipinski definition) is 3. The van der Waals surface area contributed by atoms with Gasteiger partial charge in [-0.25, -0.2) is 0 Å². The van der Waals surface area contributed by atoms with Crippen LogP contribution in [0.5, 0.6) is 11.5 Å². The van der Waals surface area contributed by atoms with E-state index in [9.17, 15) is 10.1 Å². The number of nitro groups is 1. The minimum atomic E-state index is -0.536. The Morgan fingerprint density at radius 2 is 1.81 bits per heavy atom. The fourth-order valence-corrected chi connectivity index (χ4v) is 2.14. The molecule has 0 heterocycles. The molecule has 0 saturated carbocycles. The molecule has 2 aromatic rings. The zero-order chi connectivity index (χ0) is 15.6. The Morgan fingerprint density at radius 3 is 2.43 bits per heavy atom. The van der Waals surface area contributed by atoms with Crippen LogP contribution in [0.15, 0.2) is 42.5 Å². The zero-order valence-corrected chi connectivity index (χ0v) is 12.8. The van der Waals surface area contributed by atoms with Crippen LogP contribution in [0.2, 0.25) is 5.02 Å². The van der Waals surface area contributed by atoms with E-state index in [2.05, 4.69) is 20.8 Å². The average molecular weight is 306 g/mol. The Labute approximate surface area is 128 Å². The van der Waals surface area contributed by atoms with E-state index in [1.807, 2.05) is 18.2 Å². The van der Waals surface area contributed by atoms with Gasteiger partial charge in [-0.1, -0.05) is 50.6 Å². The van der Waals surface area contributed by atoms with Crippen LogP contribution in [0.25, 0.3) is 0 Å². The van der Waals surface area contributed by atoms with Gasteiger partial charge in [0.05, 0.1) is 4.92 Å². The molecule has 2 aromatic carbocycles. The van der Waals surface area contributed by atoms with Crippen LogP contribution >= 0.6 is 11.6 Å². The summed E-state index contributed by atoms with van der Waals surface area (Å²) in [6, 6.07) is 12.1. The maximum atomic E-state index is 11.1. The highest BCUT2D eigenvalue weighted by atomic mass is 35.5. The molecule has 0 aliphatic heterocycles. The van der Waals surface area contributed by atoms with Crippen LogP contribution in [0.1, 0.15) is 26.3 Å². The van der Waals surface area contributed by atoms with Gasteiger partial charge in [0, 0.05) is 0 Å². The highest BCUT2D eigenvalue weighted by Gasteiger charge is 2.21. The van der Waals surface area contributed by atoms with Gasteiger partial charge >= 0.3 is 5.69 Å². The van der Waals surface area contributed by atoms with E-state index < -0.39 is 4.92 Å². The molecule has 0 saturated heterocycles. The minimum absolute atomic E-state index is 0.0281. The predicted octanol–water partition coefficient (Wildman–Crippen LogP) is 5.34. The van der Waals surface area contributed by atoms with Crippen LogP contribution in [-0.4, -0.2) is 4.92 Å². The minimum Gasteiger partial charge on any atom is -0.450 e. The van der Waals surface area contributed by atoms with E-state index in [0.29, 0.717) is 5.75 Å². The Balaban J connectivity index is 2.40. The van der Waals surface area contributed by atoms with Crippen LogP contribution < -0.4 is 4.74 Å². The van der Waals surface area contributed by atoms with Gasteiger partial charge in [-0.15, -0.1) is 0 Å². The van der Waals surface area contributed by atoms with E-state index in [1.54, 1.807) is 12.1 Å². The van der Waals surface area contributed by atoms with Crippen LogP contribution in [-0.2, 0) is 5.41 Å². The first-order valence-corrected chi connectivity index (χ1v) is 6.88. The van der Waals surface area contributed by atoms with Crippen molar-refractivity contribution in [2.75, 3.05) is 0 Å². The molecule has 21 heavy (non-hydrogen) atoms. The first-order valence-electron chi connectivity index (χ1n) is 6.50. The first-order chi connectivity index (χ1) is 9.79. The van der Waals surface area contributed by atoms with Crippen molar-refractivity contribution >= 4 is 17.3 Å². The second-order valence-corrected chi connectivity index (χ2v) is 6.13. The van der Waals surface area contributed by atoms with Crippen LogP contribution in [0, 0.1) is 10.1 Å². The Hall–Kier alpha value is -2.07. The first kappa shape index (κ1) is 15.3. The molecule has 0 N–H and O–H groups in total. The zero-order valence-electron chi connectivity index (χ0n) is 12.1. The number of ether oxygens (including phenoxy) is 1. The monoisotopic (exact) mass is 305 g/mol. The SMILES string of the molecule is CC(C)(C)c1cccc(Oc2cccc(Cl)c2[N+](=O)[O-])c1. The van der Waals surface area contributed by atoms with Gasteiger partial charge in [0.1, 0.15) is 10.8 Å². The summed E-state index contributed by atoms with van der Waals surface area (Å²) in [5.41, 5.74) is 0.838. The summed E-state index contributed by atoms with van der Waals surface area (Å²) in [6.45, 7) is 6.27.